The van der Waals surface area contributed by atoms with E-state index in [0.717, 1.165) is 25.7 Å². The molecule has 0 saturated heterocycles. The van der Waals surface area contributed by atoms with Gasteiger partial charge in [0, 0.05) is 0 Å². The number of unbranched alkanes of at least 4 members (excludes halogenated alkanes) is 37. The number of rotatable bonds is 46. The molecule has 3 atom stereocenters. The molecule has 3 unspecified atom stereocenters. The summed E-state index contributed by atoms with van der Waals surface area (Å²) in [7, 11) is 0. The molecule has 0 bridgehead atoms. The average molecular weight is 778 g/mol. The Balaban J connectivity index is 3.47. The number of allylic oxidation sites excluding steroid dienone is 1. The summed E-state index contributed by atoms with van der Waals surface area (Å²) in [4.78, 5) is 12.4. The zero-order valence-electron chi connectivity index (χ0n) is 37.3. The summed E-state index contributed by atoms with van der Waals surface area (Å²) in [6.07, 6.45) is 55.4. The molecule has 0 saturated carbocycles. The van der Waals surface area contributed by atoms with Crippen LogP contribution in [-0.2, 0) is 4.79 Å². The Labute approximate surface area is 344 Å². The molecule has 0 spiro atoms. The predicted molar refractivity (Wildman–Crippen MR) is 241 cm³/mol. The number of carbonyl (C=O) groups excluding carboxylic acids is 1. The van der Waals surface area contributed by atoms with Crippen LogP contribution in [-0.4, -0.2) is 46.1 Å². The maximum Gasteiger partial charge on any atom is 0.222 e. The Morgan fingerprint density at radius 2 is 0.745 bits per heavy atom. The maximum atomic E-state index is 12.4. The first kappa shape index (κ1) is 54.1. The Bertz CT molecular complexity index is 773. The molecule has 4 N–H and O–H groups in total. The third-order valence-corrected chi connectivity index (χ3v) is 11.8. The third-order valence-electron chi connectivity index (χ3n) is 11.8. The second-order valence-corrected chi connectivity index (χ2v) is 17.4. The lowest BCUT2D eigenvalue weighted by Crippen LogP contribution is -2.45. The van der Waals surface area contributed by atoms with E-state index in [1.807, 2.05) is 6.08 Å². The lowest BCUT2D eigenvalue weighted by Gasteiger charge is -2.21. The van der Waals surface area contributed by atoms with E-state index in [1.54, 1.807) is 6.08 Å². The van der Waals surface area contributed by atoms with Crippen molar-refractivity contribution in [2.24, 2.45) is 0 Å². The van der Waals surface area contributed by atoms with Crippen molar-refractivity contribution in [2.75, 3.05) is 6.61 Å². The van der Waals surface area contributed by atoms with Crippen LogP contribution in [0.2, 0.25) is 0 Å². The van der Waals surface area contributed by atoms with E-state index in [9.17, 15) is 20.1 Å². The van der Waals surface area contributed by atoms with Gasteiger partial charge in [0.2, 0.25) is 5.91 Å². The van der Waals surface area contributed by atoms with Gasteiger partial charge in [0.05, 0.1) is 31.3 Å². The molecule has 0 radical (unpaired) electrons. The van der Waals surface area contributed by atoms with E-state index in [-0.39, 0.29) is 18.9 Å². The molecule has 5 heteroatoms. The molecule has 0 aromatic heterocycles. The predicted octanol–water partition coefficient (Wildman–Crippen LogP) is 14.8. The van der Waals surface area contributed by atoms with Crippen LogP contribution in [0, 0.1) is 0 Å². The van der Waals surface area contributed by atoms with E-state index >= 15 is 0 Å². The standard InChI is InChI=1S/C50H99NO4/c1-3-5-7-9-11-13-15-16-17-18-19-20-21-22-23-24-25-26-27-28-29-30-31-32-34-35-37-39-41-43-47(53)45-50(55)51-48(46-52)49(54)44-42-40-38-36-33-14-12-10-8-6-4-2/h42,44,47-49,52-54H,3-41,43,45-46H2,1-2H3,(H,51,55)/b44-42+. The summed E-state index contributed by atoms with van der Waals surface area (Å²) in [6.45, 7) is 4.22. The maximum absolute atomic E-state index is 12.4. The van der Waals surface area contributed by atoms with Gasteiger partial charge in [0.1, 0.15) is 0 Å². The summed E-state index contributed by atoms with van der Waals surface area (Å²) in [6, 6.07) is -0.738. The molecule has 0 aliphatic rings. The first-order valence-electron chi connectivity index (χ1n) is 25.0. The summed E-state index contributed by atoms with van der Waals surface area (Å²) >= 11 is 0. The van der Waals surface area contributed by atoms with Gasteiger partial charge in [-0.3, -0.25) is 4.79 Å². The highest BCUT2D eigenvalue weighted by Gasteiger charge is 2.20. The molecule has 0 aromatic rings. The summed E-state index contributed by atoms with van der Waals surface area (Å²) in [5.74, 6) is -0.312. The Morgan fingerprint density at radius 1 is 0.455 bits per heavy atom. The minimum absolute atomic E-state index is 0.0188. The number of aliphatic hydroxyl groups excluding tert-OH is 3. The van der Waals surface area contributed by atoms with Crippen LogP contribution in [0.3, 0.4) is 0 Å². The molecule has 5 nitrogen and oxygen atoms in total. The van der Waals surface area contributed by atoms with Gasteiger partial charge in [-0.2, -0.15) is 0 Å². The fourth-order valence-corrected chi connectivity index (χ4v) is 7.99. The lowest BCUT2D eigenvalue weighted by molar-refractivity contribution is -0.124. The summed E-state index contributed by atoms with van der Waals surface area (Å²) in [5.41, 5.74) is 0. The molecule has 1 amide bonds. The molecule has 0 aliphatic carbocycles. The molecule has 0 aromatic carbocycles. The van der Waals surface area contributed by atoms with Crippen LogP contribution in [0.5, 0.6) is 0 Å². The molecule has 0 rings (SSSR count). The molecule has 0 aliphatic heterocycles. The van der Waals surface area contributed by atoms with Crippen LogP contribution >= 0.6 is 0 Å². The topological polar surface area (TPSA) is 89.8 Å². The van der Waals surface area contributed by atoms with Gasteiger partial charge < -0.3 is 20.6 Å². The molecule has 0 heterocycles. The van der Waals surface area contributed by atoms with E-state index in [0.29, 0.717) is 6.42 Å². The van der Waals surface area contributed by atoms with Crippen molar-refractivity contribution in [1.29, 1.82) is 0 Å². The fraction of sp³-hybridized carbons (Fsp3) is 0.940. The average Bonchev–Trinajstić information content (AvgIpc) is 3.18. The van der Waals surface area contributed by atoms with E-state index in [4.69, 9.17) is 0 Å². The van der Waals surface area contributed by atoms with Crippen LogP contribution in [0.1, 0.15) is 277 Å². The van der Waals surface area contributed by atoms with Crippen molar-refractivity contribution in [3.8, 4) is 0 Å². The van der Waals surface area contributed by atoms with E-state index in [1.165, 1.54) is 225 Å². The fourth-order valence-electron chi connectivity index (χ4n) is 7.99. The zero-order valence-corrected chi connectivity index (χ0v) is 37.3. The first-order valence-corrected chi connectivity index (χ1v) is 25.0. The lowest BCUT2D eigenvalue weighted by atomic mass is 10.0. The molecule has 0 fully saturated rings. The minimum Gasteiger partial charge on any atom is -0.394 e. The third kappa shape index (κ3) is 42.5. The number of aliphatic hydroxyl groups is 3. The van der Waals surface area contributed by atoms with Crippen LogP contribution in [0.15, 0.2) is 12.2 Å². The van der Waals surface area contributed by atoms with E-state index in [2.05, 4.69) is 19.2 Å². The molecular formula is C50H99NO4. The van der Waals surface area contributed by atoms with E-state index < -0.39 is 18.2 Å². The first-order chi connectivity index (χ1) is 27.0. The van der Waals surface area contributed by atoms with Gasteiger partial charge in [0.15, 0.2) is 0 Å². The monoisotopic (exact) mass is 778 g/mol. The number of amides is 1. The number of hydrogen-bond donors (Lipinski definition) is 4. The number of carbonyl (C=O) groups is 1. The molecular weight excluding hydrogens is 679 g/mol. The van der Waals surface area contributed by atoms with Gasteiger partial charge in [-0.05, 0) is 19.3 Å². The van der Waals surface area contributed by atoms with Crippen molar-refractivity contribution in [1.82, 2.24) is 5.32 Å². The van der Waals surface area contributed by atoms with Crippen molar-refractivity contribution in [3.05, 3.63) is 12.2 Å². The normalized spacial score (nSPS) is 13.5. The number of nitrogens with one attached hydrogen (secondary N) is 1. The number of hydrogen-bond acceptors (Lipinski definition) is 4. The highest BCUT2D eigenvalue weighted by molar-refractivity contribution is 5.76. The van der Waals surface area contributed by atoms with Gasteiger partial charge in [-0.1, -0.05) is 264 Å². The van der Waals surface area contributed by atoms with Crippen molar-refractivity contribution in [3.63, 3.8) is 0 Å². The van der Waals surface area contributed by atoms with Crippen molar-refractivity contribution in [2.45, 2.75) is 295 Å². The Kier molecular flexibility index (Phi) is 45.0. The quantitative estimate of drug-likeness (QED) is 0.0366. The second-order valence-electron chi connectivity index (χ2n) is 17.4. The van der Waals surface area contributed by atoms with Crippen molar-refractivity contribution < 1.29 is 20.1 Å². The largest absolute Gasteiger partial charge is 0.394 e. The second kappa shape index (κ2) is 45.8. The van der Waals surface area contributed by atoms with Crippen LogP contribution in [0.4, 0.5) is 0 Å². The zero-order chi connectivity index (χ0) is 40.1. The SMILES string of the molecule is CCCCCCCCCCC/C=C/C(O)C(CO)NC(=O)CC(O)CCCCCCCCCCCCCCCCCCCCCCCCCCCCCCC. The van der Waals surface area contributed by atoms with Crippen molar-refractivity contribution >= 4 is 5.91 Å². The summed E-state index contributed by atoms with van der Waals surface area (Å²) in [5, 5.41) is 33.2. The summed E-state index contributed by atoms with van der Waals surface area (Å²) < 4.78 is 0. The molecule has 55 heavy (non-hydrogen) atoms. The Hall–Kier alpha value is -0.910. The van der Waals surface area contributed by atoms with Crippen LogP contribution < -0.4 is 5.32 Å². The van der Waals surface area contributed by atoms with Gasteiger partial charge >= 0.3 is 0 Å². The Morgan fingerprint density at radius 3 is 1.05 bits per heavy atom. The molecule has 328 valence electrons. The van der Waals surface area contributed by atoms with Gasteiger partial charge in [0.25, 0.3) is 0 Å². The highest BCUT2D eigenvalue weighted by atomic mass is 16.3. The highest BCUT2D eigenvalue weighted by Crippen LogP contribution is 2.17. The van der Waals surface area contributed by atoms with Crippen LogP contribution in [0.25, 0.3) is 0 Å². The minimum atomic E-state index is -0.923. The van der Waals surface area contributed by atoms with Gasteiger partial charge in [-0.15, -0.1) is 0 Å². The smallest absolute Gasteiger partial charge is 0.222 e. The van der Waals surface area contributed by atoms with Gasteiger partial charge in [-0.25, -0.2) is 0 Å².